The van der Waals surface area contributed by atoms with E-state index >= 15 is 0 Å². The van der Waals surface area contributed by atoms with Crippen molar-refractivity contribution in [2.24, 2.45) is 0 Å². The Hall–Kier alpha value is -1.88. The Labute approximate surface area is 99.2 Å². The topological polar surface area (TPSA) is 38.8 Å². The summed E-state index contributed by atoms with van der Waals surface area (Å²) in [6.07, 6.45) is 2.57. The minimum atomic E-state index is -0.450. The highest BCUT2D eigenvalue weighted by molar-refractivity contribution is 5.91. The molecule has 1 amide bonds. The highest BCUT2D eigenvalue weighted by Crippen LogP contribution is 2.22. The number of carbonyl (C=O) groups excluding carboxylic acids is 1. The number of hydrogen-bond acceptors (Lipinski definition) is 3. The number of hydrogen-bond donors (Lipinski definition) is 0. The lowest BCUT2D eigenvalue weighted by atomic mass is 10.1. The lowest BCUT2D eigenvalue weighted by Crippen LogP contribution is -2.22. The van der Waals surface area contributed by atoms with Gasteiger partial charge in [0, 0.05) is 13.1 Å². The number of ether oxygens (including phenoxy) is 1. The number of halogens is 1. The standard InChI is InChI=1S/C12H14FNO3/c1-14(17-3)12(15)8-7-9-10(13)5-4-6-11(9)16-2/h4-8H,1-3H3. The summed E-state index contributed by atoms with van der Waals surface area (Å²) in [4.78, 5) is 16.1. The van der Waals surface area contributed by atoms with Crippen molar-refractivity contribution in [2.45, 2.75) is 0 Å². The molecule has 0 N–H and O–H groups in total. The molecule has 1 aromatic rings. The van der Waals surface area contributed by atoms with Gasteiger partial charge in [0.05, 0.1) is 19.8 Å². The van der Waals surface area contributed by atoms with Crippen molar-refractivity contribution in [2.75, 3.05) is 21.3 Å². The zero-order valence-electron chi connectivity index (χ0n) is 9.94. The molecule has 0 saturated heterocycles. The third-order valence-electron chi connectivity index (χ3n) is 2.21. The molecule has 5 heteroatoms. The van der Waals surface area contributed by atoms with Crippen LogP contribution in [0.25, 0.3) is 6.08 Å². The third-order valence-corrected chi connectivity index (χ3v) is 2.21. The van der Waals surface area contributed by atoms with Gasteiger partial charge in [-0.15, -0.1) is 0 Å². The van der Waals surface area contributed by atoms with Gasteiger partial charge >= 0.3 is 0 Å². The van der Waals surface area contributed by atoms with Crippen LogP contribution in [0.4, 0.5) is 4.39 Å². The molecule has 92 valence electrons. The molecule has 0 aliphatic rings. The fourth-order valence-corrected chi connectivity index (χ4v) is 1.21. The Bertz CT molecular complexity index is 432. The van der Waals surface area contributed by atoms with Gasteiger partial charge in [-0.05, 0) is 18.2 Å². The summed E-state index contributed by atoms with van der Waals surface area (Å²) in [6, 6.07) is 4.45. The minimum absolute atomic E-state index is 0.229. The molecule has 0 atom stereocenters. The lowest BCUT2D eigenvalue weighted by molar-refractivity contribution is -0.162. The van der Waals surface area contributed by atoms with Crippen LogP contribution in [-0.2, 0) is 9.63 Å². The predicted octanol–water partition coefficient (Wildman–Crippen LogP) is 1.87. The first-order chi connectivity index (χ1) is 8.10. The van der Waals surface area contributed by atoms with E-state index in [-0.39, 0.29) is 5.56 Å². The summed E-state index contributed by atoms with van der Waals surface area (Å²) >= 11 is 0. The van der Waals surface area contributed by atoms with Crippen LogP contribution in [0.5, 0.6) is 5.75 Å². The Morgan fingerprint density at radius 3 is 2.71 bits per heavy atom. The molecule has 0 aliphatic heterocycles. The Kier molecular flexibility index (Phi) is 4.66. The Morgan fingerprint density at radius 2 is 2.12 bits per heavy atom. The third kappa shape index (κ3) is 3.29. The zero-order chi connectivity index (χ0) is 12.8. The molecule has 0 bridgehead atoms. The van der Waals surface area contributed by atoms with E-state index in [9.17, 15) is 9.18 Å². The van der Waals surface area contributed by atoms with Crippen LogP contribution < -0.4 is 4.74 Å². The zero-order valence-corrected chi connectivity index (χ0v) is 9.94. The maximum absolute atomic E-state index is 13.5. The summed E-state index contributed by atoms with van der Waals surface area (Å²) < 4.78 is 18.5. The molecule has 17 heavy (non-hydrogen) atoms. The summed E-state index contributed by atoms with van der Waals surface area (Å²) in [7, 11) is 4.27. The first-order valence-electron chi connectivity index (χ1n) is 4.92. The van der Waals surface area contributed by atoms with Crippen molar-refractivity contribution < 1.29 is 18.8 Å². The van der Waals surface area contributed by atoms with Gasteiger partial charge in [0.1, 0.15) is 11.6 Å². The number of likely N-dealkylation sites (N-methyl/N-ethyl adjacent to an activating group) is 1. The number of rotatable bonds is 4. The van der Waals surface area contributed by atoms with E-state index in [1.807, 2.05) is 0 Å². The SMILES string of the molecule is COc1cccc(F)c1C=CC(=O)N(C)OC. The largest absolute Gasteiger partial charge is 0.496 e. The summed E-state index contributed by atoms with van der Waals surface area (Å²) in [5.41, 5.74) is 0.229. The minimum Gasteiger partial charge on any atom is -0.496 e. The second-order valence-electron chi connectivity index (χ2n) is 3.21. The Morgan fingerprint density at radius 1 is 1.41 bits per heavy atom. The van der Waals surface area contributed by atoms with E-state index in [0.29, 0.717) is 5.75 Å². The maximum atomic E-state index is 13.5. The number of benzene rings is 1. The van der Waals surface area contributed by atoms with Gasteiger partial charge in [0.15, 0.2) is 0 Å². The quantitative estimate of drug-likeness (QED) is 0.594. The van der Waals surface area contributed by atoms with Crippen molar-refractivity contribution in [1.29, 1.82) is 0 Å². The van der Waals surface area contributed by atoms with Crippen molar-refractivity contribution >= 4 is 12.0 Å². The van der Waals surface area contributed by atoms with Crippen LogP contribution in [-0.4, -0.2) is 32.2 Å². The molecule has 0 aromatic heterocycles. The number of nitrogens with zero attached hydrogens (tertiary/aromatic N) is 1. The number of amides is 1. The van der Waals surface area contributed by atoms with Crippen LogP contribution in [0.2, 0.25) is 0 Å². The normalized spacial score (nSPS) is 10.6. The molecule has 1 aromatic carbocycles. The van der Waals surface area contributed by atoms with E-state index in [4.69, 9.17) is 9.57 Å². The molecule has 0 aliphatic carbocycles. The average molecular weight is 239 g/mol. The van der Waals surface area contributed by atoms with Gasteiger partial charge in [-0.3, -0.25) is 9.63 Å². The monoisotopic (exact) mass is 239 g/mol. The smallest absolute Gasteiger partial charge is 0.269 e. The Balaban J connectivity index is 2.95. The summed E-state index contributed by atoms with van der Waals surface area (Å²) in [6.45, 7) is 0. The van der Waals surface area contributed by atoms with Gasteiger partial charge in [0.2, 0.25) is 0 Å². The second kappa shape index (κ2) is 6.00. The highest BCUT2D eigenvalue weighted by Gasteiger charge is 2.07. The van der Waals surface area contributed by atoms with E-state index < -0.39 is 11.7 Å². The number of hydroxylamine groups is 2. The van der Waals surface area contributed by atoms with Crippen molar-refractivity contribution in [3.05, 3.63) is 35.7 Å². The van der Waals surface area contributed by atoms with Crippen molar-refractivity contribution in [1.82, 2.24) is 5.06 Å². The lowest BCUT2D eigenvalue weighted by Gasteiger charge is -2.10. The van der Waals surface area contributed by atoms with Crippen LogP contribution in [0.1, 0.15) is 5.56 Å². The summed E-state index contributed by atoms with van der Waals surface area (Å²) in [5, 5.41) is 1.03. The molecule has 1 rings (SSSR count). The molecule has 0 fully saturated rings. The molecular weight excluding hydrogens is 225 g/mol. The second-order valence-corrected chi connectivity index (χ2v) is 3.21. The first kappa shape index (κ1) is 13.2. The van der Waals surface area contributed by atoms with Gasteiger partial charge in [-0.1, -0.05) is 6.07 Å². The molecule has 0 unspecified atom stereocenters. The van der Waals surface area contributed by atoms with Gasteiger partial charge in [0.25, 0.3) is 5.91 Å². The van der Waals surface area contributed by atoms with E-state index in [1.54, 1.807) is 6.07 Å². The molecule has 4 nitrogen and oxygen atoms in total. The maximum Gasteiger partial charge on any atom is 0.269 e. The van der Waals surface area contributed by atoms with Crippen LogP contribution in [0, 0.1) is 5.82 Å². The predicted molar refractivity (Wildman–Crippen MR) is 61.8 cm³/mol. The van der Waals surface area contributed by atoms with E-state index in [1.165, 1.54) is 45.6 Å². The van der Waals surface area contributed by atoms with Crippen LogP contribution in [0.15, 0.2) is 24.3 Å². The highest BCUT2D eigenvalue weighted by atomic mass is 19.1. The number of methoxy groups -OCH3 is 1. The first-order valence-corrected chi connectivity index (χ1v) is 4.92. The van der Waals surface area contributed by atoms with Crippen LogP contribution in [0.3, 0.4) is 0 Å². The number of carbonyl (C=O) groups is 1. The van der Waals surface area contributed by atoms with E-state index in [2.05, 4.69) is 0 Å². The van der Waals surface area contributed by atoms with Crippen LogP contribution >= 0.6 is 0 Å². The molecule has 0 spiro atoms. The van der Waals surface area contributed by atoms with Gasteiger partial charge < -0.3 is 4.74 Å². The molecule has 0 saturated carbocycles. The average Bonchev–Trinajstić information content (AvgIpc) is 2.35. The fourth-order valence-electron chi connectivity index (χ4n) is 1.21. The van der Waals surface area contributed by atoms with Gasteiger partial charge in [-0.25, -0.2) is 9.45 Å². The summed E-state index contributed by atoms with van der Waals surface area (Å²) in [5.74, 6) is -0.472. The van der Waals surface area contributed by atoms with Crippen molar-refractivity contribution in [3.8, 4) is 5.75 Å². The molecular formula is C12H14FNO3. The molecule has 0 radical (unpaired) electrons. The molecule has 0 heterocycles. The fraction of sp³-hybridized carbons (Fsp3) is 0.250. The van der Waals surface area contributed by atoms with Crippen molar-refractivity contribution in [3.63, 3.8) is 0 Å². The van der Waals surface area contributed by atoms with Gasteiger partial charge in [-0.2, -0.15) is 0 Å². The van der Waals surface area contributed by atoms with E-state index in [0.717, 1.165) is 5.06 Å².